The average Bonchev–Trinajstić information content (AvgIpc) is 2.09. The molecule has 2 nitrogen and oxygen atoms in total. The van der Waals surface area contributed by atoms with Gasteiger partial charge in [-0.25, -0.2) is 4.39 Å². The van der Waals surface area contributed by atoms with Crippen LogP contribution in [0.4, 0.5) is 10.1 Å². The fourth-order valence-corrected chi connectivity index (χ4v) is 1.58. The Bertz CT molecular complexity index is 297. The number of halogens is 3. The van der Waals surface area contributed by atoms with Crippen molar-refractivity contribution in [1.29, 1.82) is 0 Å². The molecular formula is C9H10Cl2FNO. The van der Waals surface area contributed by atoms with Crippen LogP contribution in [0.2, 0.25) is 10.0 Å². The predicted molar refractivity (Wildman–Crippen MR) is 56.8 cm³/mol. The number of methoxy groups -OCH3 is 1. The molecule has 0 radical (unpaired) electrons. The van der Waals surface area contributed by atoms with Crippen molar-refractivity contribution in [2.24, 2.45) is 0 Å². The molecule has 0 aliphatic rings. The van der Waals surface area contributed by atoms with Crippen LogP contribution in [-0.4, -0.2) is 20.3 Å². The van der Waals surface area contributed by atoms with Gasteiger partial charge in [0.15, 0.2) is 0 Å². The van der Waals surface area contributed by atoms with E-state index in [2.05, 4.69) is 5.32 Å². The van der Waals surface area contributed by atoms with Crippen molar-refractivity contribution >= 4 is 28.9 Å². The van der Waals surface area contributed by atoms with Gasteiger partial charge < -0.3 is 10.1 Å². The van der Waals surface area contributed by atoms with Crippen molar-refractivity contribution in [2.45, 2.75) is 0 Å². The highest BCUT2D eigenvalue weighted by molar-refractivity contribution is 6.39. The molecule has 0 unspecified atom stereocenters. The molecule has 1 rings (SSSR count). The zero-order chi connectivity index (χ0) is 10.6. The Balaban J connectivity index is 2.75. The molecule has 0 saturated heterocycles. The summed E-state index contributed by atoms with van der Waals surface area (Å²) in [6, 6.07) is 2.42. The van der Waals surface area contributed by atoms with Gasteiger partial charge in [-0.3, -0.25) is 0 Å². The van der Waals surface area contributed by atoms with Crippen molar-refractivity contribution in [3.05, 3.63) is 28.0 Å². The van der Waals surface area contributed by atoms with Crippen molar-refractivity contribution in [3.8, 4) is 0 Å². The lowest BCUT2D eigenvalue weighted by atomic mass is 10.3. The van der Waals surface area contributed by atoms with Crippen molar-refractivity contribution in [1.82, 2.24) is 0 Å². The molecule has 0 spiro atoms. The van der Waals surface area contributed by atoms with Crippen LogP contribution in [0.15, 0.2) is 12.1 Å². The molecule has 0 aromatic heterocycles. The molecule has 5 heteroatoms. The number of rotatable bonds is 4. The van der Waals surface area contributed by atoms with E-state index in [0.29, 0.717) is 18.8 Å². The molecule has 0 fully saturated rings. The van der Waals surface area contributed by atoms with Crippen LogP contribution < -0.4 is 5.32 Å². The van der Waals surface area contributed by atoms with E-state index in [1.165, 1.54) is 12.1 Å². The molecule has 0 heterocycles. The van der Waals surface area contributed by atoms with E-state index >= 15 is 0 Å². The normalized spacial score (nSPS) is 10.3. The third kappa shape index (κ3) is 3.01. The number of hydrogen-bond acceptors (Lipinski definition) is 2. The average molecular weight is 238 g/mol. The van der Waals surface area contributed by atoms with Crippen LogP contribution in [0.25, 0.3) is 0 Å². The smallest absolute Gasteiger partial charge is 0.126 e. The van der Waals surface area contributed by atoms with Gasteiger partial charge in [0, 0.05) is 13.7 Å². The Kier molecular flexibility index (Phi) is 4.45. The van der Waals surface area contributed by atoms with Crippen molar-refractivity contribution in [3.63, 3.8) is 0 Å². The van der Waals surface area contributed by atoms with Crippen LogP contribution in [-0.2, 0) is 4.74 Å². The second-order valence-corrected chi connectivity index (χ2v) is 3.48. The summed E-state index contributed by atoms with van der Waals surface area (Å²) in [6.45, 7) is 1.10. The molecule has 78 valence electrons. The third-order valence-corrected chi connectivity index (χ3v) is 2.21. The standard InChI is InChI=1S/C9H10Cl2FNO/c1-14-3-2-13-9-7(10)4-6(12)5-8(9)11/h4-5,13H,2-3H2,1H3. The second-order valence-electron chi connectivity index (χ2n) is 2.66. The van der Waals surface area contributed by atoms with Gasteiger partial charge >= 0.3 is 0 Å². The number of nitrogens with one attached hydrogen (secondary N) is 1. The second kappa shape index (κ2) is 5.39. The minimum atomic E-state index is -0.447. The number of anilines is 1. The van der Waals surface area contributed by atoms with Gasteiger partial charge in [-0.2, -0.15) is 0 Å². The molecule has 14 heavy (non-hydrogen) atoms. The van der Waals surface area contributed by atoms with E-state index in [4.69, 9.17) is 27.9 Å². The highest BCUT2D eigenvalue weighted by atomic mass is 35.5. The molecule has 1 aromatic carbocycles. The minimum absolute atomic E-state index is 0.270. The number of benzene rings is 1. The van der Waals surface area contributed by atoms with Crippen LogP contribution >= 0.6 is 23.2 Å². The maximum Gasteiger partial charge on any atom is 0.126 e. The van der Waals surface area contributed by atoms with E-state index in [9.17, 15) is 4.39 Å². The molecule has 0 aliphatic carbocycles. The van der Waals surface area contributed by atoms with E-state index in [1.807, 2.05) is 0 Å². The summed E-state index contributed by atoms with van der Waals surface area (Å²) in [5, 5.41) is 3.49. The monoisotopic (exact) mass is 237 g/mol. The lowest BCUT2D eigenvalue weighted by Crippen LogP contribution is -2.08. The summed E-state index contributed by atoms with van der Waals surface area (Å²) in [4.78, 5) is 0. The first-order chi connectivity index (χ1) is 6.65. The Morgan fingerprint density at radius 3 is 2.43 bits per heavy atom. The molecule has 0 atom stereocenters. The van der Waals surface area contributed by atoms with Gasteiger partial charge in [0.25, 0.3) is 0 Å². The van der Waals surface area contributed by atoms with Crippen molar-refractivity contribution in [2.75, 3.05) is 25.6 Å². The van der Waals surface area contributed by atoms with Crippen molar-refractivity contribution < 1.29 is 9.13 Å². The number of hydrogen-bond donors (Lipinski definition) is 1. The van der Waals surface area contributed by atoms with E-state index < -0.39 is 5.82 Å². The van der Waals surface area contributed by atoms with E-state index in [0.717, 1.165) is 0 Å². The SMILES string of the molecule is COCCNc1c(Cl)cc(F)cc1Cl. The first kappa shape index (κ1) is 11.6. The largest absolute Gasteiger partial charge is 0.383 e. The summed E-state index contributed by atoms with van der Waals surface area (Å²) in [5.41, 5.74) is 0.534. The third-order valence-electron chi connectivity index (χ3n) is 1.61. The van der Waals surface area contributed by atoms with Gasteiger partial charge in [-0.1, -0.05) is 23.2 Å². The Labute approximate surface area is 92.0 Å². The quantitative estimate of drug-likeness (QED) is 0.813. The van der Waals surface area contributed by atoms with Crippen LogP contribution in [0.1, 0.15) is 0 Å². The zero-order valence-electron chi connectivity index (χ0n) is 7.61. The van der Waals surface area contributed by atoms with Crippen LogP contribution in [0.5, 0.6) is 0 Å². The van der Waals surface area contributed by atoms with Gasteiger partial charge in [0.05, 0.1) is 22.3 Å². The van der Waals surface area contributed by atoms with Gasteiger partial charge in [-0.05, 0) is 12.1 Å². The Morgan fingerprint density at radius 1 is 1.36 bits per heavy atom. The zero-order valence-corrected chi connectivity index (χ0v) is 9.12. The van der Waals surface area contributed by atoms with Crippen LogP contribution in [0, 0.1) is 5.82 Å². The summed E-state index contributed by atoms with van der Waals surface area (Å²) in [5.74, 6) is -0.447. The first-order valence-corrected chi connectivity index (χ1v) is 4.78. The summed E-state index contributed by atoms with van der Waals surface area (Å²) < 4.78 is 17.6. The molecule has 0 bridgehead atoms. The molecule has 1 N–H and O–H groups in total. The van der Waals surface area contributed by atoms with Gasteiger partial charge in [-0.15, -0.1) is 0 Å². The fraction of sp³-hybridized carbons (Fsp3) is 0.333. The topological polar surface area (TPSA) is 21.3 Å². The van der Waals surface area contributed by atoms with E-state index in [1.54, 1.807) is 7.11 Å². The lowest BCUT2D eigenvalue weighted by molar-refractivity contribution is 0.211. The fourth-order valence-electron chi connectivity index (χ4n) is 0.989. The minimum Gasteiger partial charge on any atom is -0.383 e. The molecular weight excluding hydrogens is 228 g/mol. The van der Waals surface area contributed by atoms with Gasteiger partial charge in [0.1, 0.15) is 5.82 Å². The van der Waals surface area contributed by atoms with Gasteiger partial charge in [0.2, 0.25) is 0 Å². The molecule has 0 aliphatic heterocycles. The maximum atomic E-state index is 12.8. The highest BCUT2D eigenvalue weighted by Gasteiger charge is 2.07. The summed E-state index contributed by atoms with van der Waals surface area (Å²) >= 11 is 11.6. The molecule has 0 saturated carbocycles. The number of ether oxygens (including phenoxy) is 1. The predicted octanol–water partition coefficient (Wildman–Crippen LogP) is 3.19. The lowest BCUT2D eigenvalue weighted by Gasteiger charge is -2.09. The Morgan fingerprint density at radius 2 is 1.93 bits per heavy atom. The maximum absolute atomic E-state index is 12.8. The Hall–Kier alpha value is -0.510. The first-order valence-electron chi connectivity index (χ1n) is 4.02. The summed E-state index contributed by atoms with van der Waals surface area (Å²) in [7, 11) is 1.59. The molecule has 0 amide bonds. The van der Waals surface area contributed by atoms with E-state index in [-0.39, 0.29) is 10.0 Å². The van der Waals surface area contributed by atoms with Crippen LogP contribution in [0.3, 0.4) is 0 Å². The molecule has 1 aromatic rings. The summed E-state index contributed by atoms with van der Waals surface area (Å²) in [6.07, 6.45) is 0. The highest BCUT2D eigenvalue weighted by Crippen LogP contribution is 2.30.